The third-order valence-corrected chi connectivity index (χ3v) is 5.55. The number of benzene rings is 3. The van der Waals surface area contributed by atoms with E-state index in [0.717, 1.165) is 16.2 Å². The van der Waals surface area contributed by atoms with E-state index in [9.17, 15) is 4.79 Å². The zero-order chi connectivity index (χ0) is 20.6. The van der Waals surface area contributed by atoms with Crippen molar-refractivity contribution in [2.45, 2.75) is 18.7 Å². The number of aryl methyl sites for hydroxylation is 2. The van der Waals surface area contributed by atoms with Crippen molar-refractivity contribution in [3.63, 3.8) is 0 Å². The van der Waals surface area contributed by atoms with Gasteiger partial charge >= 0.3 is 5.97 Å². The summed E-state index contributed by atoms with van der Waals surface area (Å²) < 4.78 is 5.25. The smallest absolute Gasteiger partial charge is 0.341 e. The van der Waals surface area contributed by atoms with Crippen LogP contribution in [0.1, 0.15) is 22.3 Å². The normalized spacial score (nSPS) is 11.3. The Morgan fingerprint density at radius 1 is 0.966 bits per heavy atom. The monoisotopic (exact) mass is 404 g/mol. The molecule has 0 radical (unpaired) electrons. The third kappa shape index (κ3) is 6.00. The molecule has 0 saturated carbocycles. The van der Waals surface area contributed by atoms with Crippen molar-refractivity contribution in [1.29, 1.82) is 0 Å². The van der Waals surface area contributed by atoms with Crippen LogP contribution >= 0.6 is 11.8 Å². The number of hydrogen-bond acceptors (Lipinski definition) is 3. The van der Waals surface area contributed by atoms with Gasteiger partial charge in [0.05, 0.1) is 0 Å². The molecule has 3 aromatic rings. The second-order valence-corrected chi connectivity index (χ2v) is 7.84. The number of aliphatic carboxylic acids is 1. The summed E-state index contributed by atoms with van der Waals surface area (Å²) in [6.07, 6.45) is 2.27. The van der Waals surface area contributed by atoms with E-state index in [-0.39, 0.29) is 6.61 Å². The highest BCUT2D eigenvalue weighted by atomic mass is 32.2. The second kappa shape index (κ2) is 9.99. The Morgan fingerprint density at radius 3 is 2.41 bits per heavy atom. The van der Waals surface area contributed by atoms with E-state index in [1.54, 1.807) is 11.8 Å². The maximum absolute atomic E-state index is 10.6. The molecule has 3 nitrogen and oxygen atoms in total. The molecule has 0 aliphatic carbocycles. The van der Waals surface area contributed by atoms with Crippen LogP contribution in [0.25, 0.3) is 5.57 Å². The Kier molecular flexibility index (Phi) is 7.14. The highest BCUT2D eigenvalue weighted by molar-refractivity contribution is 7.99. The molecule has 1 N–H and O–H groups in total. The number of rotatable bonds is 8. The van der Waals surface area contributed by atoms with Crippen molar-refractivity contribution >= 4 is 23.3 Å². The van der Waals surface area contributed by atoms with Crippen molar-refractivity contribution in [2.24, 2.45) is 0 Å². The molecule has 0 aliphatic rings. The fourth-order valence-electron chi connectivity index (χ4n) is 3.07. The lowest BCUT2D eigenvalue weighted by Gasteiger charge is -2.11. The molecule has 0 amide bonds. The highest BCUT2D eigenvalue weighted by Gasteiger charge is 2.07. The first-order valence-corrected chi connectivity index (χ1v) is 10.4. The maximum Gasteiger partial charge on any atom is 0.341 e. The highest BCUT2D eigenvalue weighted by Crippen LogP contribution is 2.29. The van der Waals surface area contributed by atoms with Gasteiger partial charge in [0.15, 0.2) is 6.61 Å². The molecule has 3 rings (SSSR count). The van der Waals surface area contributed by atoms with Gasteiger partial charge in [-0.15, -0.1) is 11.8 Å². The molecule has 0 unspecified atom stereocenters. The summed E-state index contributed by atoms with van der Waals surface area (Å²) in [5.41, 5.74) is 5.95. The molecule has 148 valence electrons. The van der Waals surface area contributed by atoms with Crippen LogP contribution < -0.4 is 4.74 Å². The molecule has 0 bridgehead atoms. The predicted molar refractivity (Wildman–Crippen MR) is 120 cm³/mol. The summed E-state index contributed by atoms with van der Waals surface area (Å²) in [7, 11) is 0. The summed E-state index contributed by atoms with van der Waals surface area (Å²) >= 11 is 1.75. The van der Waals surface area contributed by atoms with Crippen LogP contribution in [0.15, 0.2) is 83.8 Å². The van der Waals surface area contributed by atoms with Gasteiger partial charge in [-0.1, -0.05) is 66.2 Å². The molecule has 0 fully saturated rings. The van der Waals surface area contributed by atoms with E-state index in [2.05, 4.69) is 61.5 Å². The predicted octanol–water partition coefficient (Wildman–Crippen LogP) is 5.99. The summed E-state index contributed by atoms with van der Waals surface area (Å²) in [5, 5.41) is 8.74. The fraction of sp³-hybridized carbons (Fsp3) is 0.160. The van der Waals surface area contributed by atoms with Crippen LogP contribution in [0.3, 0.4) is 0 Å². The van der Waals surface area contributed by atoms with Crippen molar-refractivity contribution in [1.82, 2.24) is 0 Å². The standard InChI is InChI=1S/C25H24O3S/c1-18-7-6-10-21(15-18)23(20-8-4-3-5-9-20)13-14-29-24-12-11-22(16-19(24)2)28-17-25(26)27/h3-13,15-16H,14,17H2,1-2H3,(H,26,27)/b23-13-. The average molecular weight is 405 g/mol. The first kappa shape index (κ1) is 20.7. The van der Waals surface area contributed by atoms with Gasteiger partial charge in [0.25, 0.3) is 0 Å². The first-order chi connectivity index (χ1) is 14.0. The molecule has 4 heteroatoms. The molecule has 0 aromatic heterocycles. The zero-order valence-corrected chi connectivity index (χ0v) is 17.4. The van der Waals surface area contributed by atoms with Gasteiger partial charge in [0.2, 0.25) is 0 Å². The fourth-order valence-corrected chi connectivity index (χ4v) is 3.95. The molecule has 0 spiro atoms. The summed E-state index contributed by atoms with van der Waals surface area (Å²) in [6, 6.07) is 24.7. The van der Waals surface area contributed by atoms with Crippen LogP contribution in [-0.2, 0) is 4.79 Å². The average Bonchev–Trinajstić information content (AvgIpc) is 2.71. The summed E-state index contributed by atoms with van der Waals surface area (Å²) in [5.74, 6) is 0.430. The van der Waals surface area contributed by atoms with Crippen LogP contribution in [0, 0.1) is 13.8 Å². The lowest BCUT2D eigenvalue weighted by Crippen LogP contribution is -2.09. The Labute approximate surface area is 176 Å². The Morgan fingerprint density at radius 2 is 1.72 bits per heavy atom. The van der Waals surface area contributed by atoms with Crippen LogP contribution in [0.4, 0.5) is 0 Å². The number of carboxylic acid groups (broad SMARTS) is 1. The molecule has 3 aromatic carbocycles. The molecule has 0 atom stereocenters. The van der Waals surface area contributed by atoms with Gasteiger partial charge in [-0.3, -0.25) is 0 Å². The first-order valence-electron chi connectivity index (χ1n) is 9.43. The van der Waals surface area contributed by atoms with E-state index in [4.69, 9.17) is 9.84 Å². The van der Waals surface area contributed by atoms with Gasteiger partial charge in [-0.2, -0.15) is 0 Å². The quantitative estimate of drug-likeness (QED) is 0.468. The SMILES string of the molecule is Cc1cccc(/C(=C\CSc2ccc(OCC(=O)O)cc2C)c2ccccc2)c1. The minimum Gasteiger partial charge on any atom is -0.482 e. The van der Waals surface area contributed by atoms with E-state index in [1.807, 2.05) is 31.2 Å². The lowest BCUT2D eigenvalue weighted by molar-refractivity contribution is -0.139. The third-order valence-electron chi connectivity index (χ3n) is 4.45. The topological polar surface area (TPSA) is 46.5 Å². The van der Waals surface area contributed by atoms with E-state index in [1.165, 1.54) is 22.3 Å². The minimum atomic E-state index is -0.976. The van der Waals surface area contributed by atoms with Crippen molar-refractivity contribution in [3.05, 3.63) is 101 Å². The van der Waals surface area contributed by atoms with Gasteiger partial charge in [-0.25, -0.2) is 4.79 Å². The maximum atomic E-state index is 10.6. The summed E-state index contributed by atoms with van der Waals surface area (Å²) in [6.45, 7) is 3.79. The van der Waals surface area contributed by atoms with Gasteiger partial charge < -0.3 is 9.84 Å². The van der Waals surface area contributed by atoms with Crippen LogP contribution in [0.5, 0.6) is 5.75 Å². The molecular weight excluding hydrogens is 380 g/mol. The number of hydrogen-bond donors (Lipinski definition) is 1. The van der Waals surface area contributed by atoms with Gasteiger partial charge in [0.1, 0.15) is 5.75 Å². The van der Waals surface area contributed by atoms with E-state index < -0.39 is 5.97 Å². The molecule has 0 saturated heterocycles. The number of carbonyl (C=O) groups is 1. The number of carboxylic acids is 1. The Bertz CT molecular complexity index is 1010. The van der Waals surface area contributed by atoms with Crippen LogP contribution in [-0.4, -0.2) is 23.4 Å². The Hall–Kier alpha value is -2.98. The van der Waals surface area contributed by atoms with Gasteiger partial charge in [-0.05, 0) is 54.3 Å². The minimum absolute atomic E-state index is 0.328. The molecular formula is C25H24O3S. The van der Waals surface area contributed by atoms with Crippen molar-refractivity contribution in [2.75, 3.05) is 12.4 Å². The largest absolute Gasteiger partial charge is 0.482 e. The zero-order valence-electron chi connectivity index (χ0n) is 16.6. The number of thioether (sulfide) groups is 1. The lowest BCUT2D eigenvalue weighted by atomic mass is 9.97. The molecule has 29 heavy (non-hydrogen) atoms. The van der Waals surface area contributed by atoms with Crippen LogP contribution in [0.2, 0.25) is 0 Å². The van der Waals surface area contributed by atoms with Crippen molar-refractivity contribution < 1.29 is 14.6 Å². The van der Waals surface area contributed by atoms with E-state index in [0.29, 0.717) is 5.75 Å². The van der Waals surface area contributed by atoms with Crippen molar-refractivity contribution in [3.8, 4) is 5.75 Å². The molecule has 0 aliphatic heterocycles. The number of ether oxygens (including phenoxy) is 1. The second-order valence-electron chi connectivity index (χ2n) is 6.77. The Balaban J connectivity index is 1.77. The van der Waals surface area contributed by atoms with Gasteiger partial charge in [0, 0.05) is 10.6 Å². The van der Waals surface area contributed by atoms with E-state index >= 15 is 0 Å². The molecule has 0 heterocycles. The summed E-state index contributed by atoms with van der Waals surface area (Å²) in [4.78, 5) is 11.8.